The van der Waals surface area contributed by atoms with Gasteiger partial charge in [0.25, 0.3) is 0 Å². The van der Waals surface area contributed by atoms with Crippen molar-refractivity contribution in [3.63, 3.8) is 0 Å². The second kappa shape index (κ2) is 5.88. The molecular formula is C13H21N3O4. The normalized spacial score (nSPS) is 21.7. The van der Waals surface area contributed by atoms with Crippen LogP contribution in [0, 0.1) is 0 Å². The topological polar surface area (TPSA) is 89.9 Å². The Hall–Kier alpha value is -1.47. The molecule has 0 saturated carbocycles. The Morgan fingerprint density at radius 3 is 2.50 bits per heavy atom. The van der Waals surface area contributed by atoms with E-state index in [0.717, 1.165) is 6.42 Å². The fourth-order valence-electron chi connectivity index (χ4n) is 2.60. The highest BCUT2D eigenvalue weighted by Gasteiger charge is 2.40. The van der Waals surface area contributed by atoms with Crippen molar-refractivity contribution < 1.29 is 19.5 Å². The molecule has 0 aromatic heterocycles. The number of hydrogen-bond donors (Lipinski definition) is 2. The number of carbonyl (C=O) groups is 3. The number of likely N-dealkylation sites (tertiary alicyclic amines) is 2. The molecule has 2 N–H and O–H groups in total. The number of β-amino-alcohol motifs (C(OH)–C–C–N with tert-alkyl or cyclic N) is 1. The summed E-state index contributed by atoms with van der Waals surface area (Å²) in [5.74, 6) is -0.875. The van der Waals surface area contributed by atoms with Crippen molar-refractivity contribution in [3.8, 4) is 0 Å². The van der Waals surface area contributed by atoms with E-state index in [1.165, 1.54) is 4.90 Å². The van der Waals surface area contributed by atoms with Crippen molar-refractivity contribution in [1.82, 2.24) is 15.1 Å². The molecule has 0 aromatic carbocycles. The smallest absolute Gasteiger partial charge is 0.246 e. The van der Waals surface area contributed by atoms with Gasteiger partial charge in [-0.2, -0.15) is 0 Å². The van der Waals surface area contributed by atoms with Gasteiger partial charge in [0, 0.05) is 26.1 Å². The van der Waals surface area contributed by atoms with Gasteiger partial charge in [0.15, 0.2) is 0 Å². The third-order valence-corrected chi connectivity index (χ3v) is 3.85. The van der Waals surface area contributed by atoms with E-state index in [1.54, 1.807) is 4.90 Å². The summed E-state index contributed by atoms with van der Waals surface area (Å²) in [6.07, 6.45) is 1.90. The van der Waals surface area contributed by atoms with Gasteiger partial charge in [-0.3, -0.25) is 24.6 Å². The van der Waals surface area contributed by atoms with E-state index in [9.17, 15) is 19.5 Å². The predicted molar refractivity (Wildman–Crippen MR) is 70.6 cm³/mol. The molecule has 0 unspecified atom stereocenters. The highest BCUT2D eigenvalue weighted by Crippen LogP contribution is 2.23. The van der Waals surface area contributed by atoms with E-state index in [4.69, 9.17) is 0 Å². The van der Waals surface area contributed by atoms with Crippen LogP contribution in [-0.4, -0.2) is 71.0 Å². The van der Waals surface area contributed by atoms with Crippen LogP contribution in [0.4, 0.5) is 0 Å². The molecule has 0 bridgehead atoms. The fourth-order valence-corrected chi connectivity index (χ4v) is 2.60. The molecule has 2 fully saturated rings. The number of aliphatic hydroxyl groups is 1. The van der Waals surface area contributed by atoms with Crippen LogP contribution in [-0.2, 0) is 14.4 Å². The minimum atomic E-state index is -0.688. The second-order valence-corrected chi connectivity index (χ2v) is 5.61. The van der Waals surface area contributed by atoms with E-state index >= 15 is 0 Å². The molecule has 0 spiro atoms. The van der Waals surface area contributed by atoms with Crippen LogP contribution in [0.3, 0.4) is 0 Å². The Labute approximate surface area is 117 Å². The minimum Gasteiger partial charge on any atom is -0.387 e. The van der Waals surface area contributed by atoms with Gasteiger partial charge in [0.05, 0.1) is 18.7 Å². The number of nitrogens with one attached hydrogen (secondary N) is 1. The van der Waals surface area contributed by atoms with Crippen LogP contribution < -0.4 is 5.32 Å². The number of hydrogen-bond acceptors (Lipinski definition) is 5. The number of amides is 3. The molecule has 20 heavy (non-hydrogen) atoms. The van der Waals surface area contributed by atoms with Gasteiger partial charge < -0.3 is 10.0 Å². The quantitative estimate of drug-likeness (QED) is 0.655. The van der Waals surface area contributed by atoms with Crippen LogP contribution >= 0.6 is 0 Å². The minimum absolute atomic E-state index is 0.0386. The van der Waals surface area contributed by atoms with E-state index in [2.05, 4.69) is 5.32 Å². The predicted octanol–water partition coefficient (Wildman–Crippen LogP) is -1.29. The zero-order valence-electron chi connectivity index (χ0n) is 11.7. The Morgan fingerprint density at radius 1 is 1.30 bits per heavy atom. The third kappa shape index (κ3) is 3.55. The number of nitrogens with zero attached hydrogens (tertiary/aromatic N) is 2. The lowest BCUT2D eigenvalue weighted by Gasteiger charge is -2.45. The highest BCUT2D eigenvalue weighted by molar-refractivity contribution is 5.98. The van der Waals surface area contributed by atoms with Gasteiger partial charge in [-0.1, -0.05) is 6.92 Å². The molecule has 2 rings (SSSR count). The monoisotopic (exact) mass is 283 g/mol. The second-order valence-electron chi connectivity index (χ2n) is 5.61. The Bertz CT molecular complexity index is 418. The first-order chi connectivity index (χ1) is 9.42. The van der Waals surface area contributed by atoms with Crippen LogP contribution in [0.5, 0.6) is 0 Å². The van der Waals surface area contributed by atoms with Gasteiger partial charge in [-0.25, -0.2) is 0 Å². The summed E-state index contributed by atoms with van der Waals surface area (Å²) in [4.78, 5) is 37.9. The average Bonchev–Trinajstić information content (AvgIpc) is 2.72. The number of rotatable bonds is 5. The number of carbonyl (C=O) groups excluding carboxylic acids is 3. The summed E-state index contributed by atoms with van der Waals surface area (Å²) >= 11 is 0. The lowest BCUT2D eigenvalue weighted by atomic mass is 9.91. The summed E-state index contributed by atoms with van der Waals surface area (Å²) in [7, 11) is 0. The molecule has 2 heterocycles. The maximum absolute atomic E-state index is 11.7. The summed E-state index contributed by atoms with van der Waals surface area (Å²) in [6.45, 7) is 3.43. The molecule has 7 nitrogen and oxygen atoms in total. The maximum Gasteiger partial charge on any atom is 0.246 e. The molecule has 0 radical (unpaired) electrons. The van der Waals surface area contributed by atoms with Crippen LogP contribution in [0.2, 0.25) is 0 Å². The largest absolute Gasteiger partial charge is 0.387 e. The molecule has 2 saturated heterocycles. The molecule has 3 amide bonds. The van der Waals surface area contributed by atoms with Crippen LogP contribution in [0.15, 0.2) is 0 Å². The first-order valence-corrected chi connectivity index (χ1v) is 6.97. The summed E-state index contributed by atoms with van der Waals surface area (Å²) in [5.41, 5.74) is -0.688. The maximum atomic E-state index is 11.7. The summed E-state index contributed by atoms with van der Waals surface area (Å²) in [6, 6.07) is 0. The lowest BCUT2D eigenvalue weighted by molar-refractivity contribution is -0.140. The van der Waals surface area contributed by atoms with Crippen molar-refractivity contribution in [1.29, 1.82) is 0 Å². The molecule has 0 aliphatic carbocycles. The van der Waals surface area contributed by atoms with Gasteiger partial charge in [-0.05, 0) is 12.8 Å². The van der Waals surface area contributed by atoms with Gasteiger partial charge in [0.2, 0.25) is 17.7 Å². The van der Waals surface area contributed by atoms with Crippen molar-refractivity contribution >= 4 is 17.7 Å². The zero-order chi connectivity index (χ0) is 14.8. The van der Waals surface area contributed by atoms with E-state index in [1.807, 2.05) is 6.92 Å². The van der Waals surface area contributed by atoms with Gasteiger partial charge in [0.1, 0.15) is 0 Å². The van der Waals surface area contributed by atoms with Crippen molar-refractivity contribution in [2.45, 2.75) is 31.8 Å². The van der Waals surface area contributed by atoms with Crippen molar-refractivity contribution in [2.24, 2.45) is 0 Å². The van der Waals surface area contributed by atoms with Gasteiger partial charge >= 0.3 is 0 Å². The Balaban J connectivity index is 1.67. The molecule has 112 valence electrons. The van der Waals surface area contributed by atoms with Crippen LogP contribution in [0.25, 0.3) is 0 Å². The Morgan fingerprint density at radius 2 is 1.95 bits per heavy atom. The number of imide groups is 1. The van der Waals surface area contributed by atoms with E-state index in [0.29, 0.717) is 32.5 Å². The first-order valence-electron chi connectivity index (χ1n) is 6.97. The fraction of sp³-hybridized carbons (Fsp3) is 0.769. The third-order valence-electron chi connectivity index (χ3n) is 3.85. The molecular weight excluding hydrogens is 262 g/mol. The van der Waals surface area contributed by atoms with E-state index in [-0.39, 0.29) is 24.9 Å². The molecule has 0 aromatic rings. The molecule has 2 aliphatic heterocycles. The lowest BCUT2D eigenvalue weighted by Crippen LogP contribution is -2.63. The SMILES string of the molecule is CCC1(O)CN(CC(=O)NC(=O)CN2CCCC2=O)C1. The molecule has 2 aliphatic rings. The summed E-state index contributed by atoms with van der Waals surface area (Å²) < 4.78 is 0. The Kier molecular flexibility index (Phi) is 4.39. The van der Waals surface area contributed by atoms with Gasteiger partial charge in [-0.15, -0.1) is 0 Å². The first kappa shape index (κ1) is 14.9. The van der Waals surface area contributed by atoms with Crippen molar-refractivity contribution in [2.75, 3.05) is 32.7 Å². The summed E-state index contributed by atoms with van der Waals surface area (Å²) in [5, 5.41) is 12.1. The zero-order valence-corrected chi connectivity index (χ0v) is 11.7. The molecule has 0 atom stereocenters. The highest BCUT2D eigenvalue weighted by atomic mass is 16.3. The van der Waals surface area contributed by atoms with Crippen molar-refractivity contribution in [3.05, 3.63) is 0 Å². The molecule has 7 heteroatoms. The van der Waals surface area contributed by atoms with E-state index < -0.39 is 11.5 Å². The average molecular weight is 283 g/mol. The van der Waals surface area contributed by atoms with Crippen LogP contribution in [0.1, 0.15) is 26.2 Å². The standard InChI is InChI=1S/C13H21N3O4/c1-2-13(20)8-15(9-13)6-10(17)14-11(18)7-16-5-3-4-12(16)19/h20H,2-9H2,1H3,(H,14,17,18).